The summed E-state index contributed by atoms with van der Waals surface area (Å²) in [6, 6.07) is 4.11. The molecule has 0 spiro atoms. The fourth-order valence-electron chi connectivity index (χ4n) is 3.92. The Morgan fingerprint density at radius 3 is 2.28 bits per heavy atom. The first-order valence-corrected chi connectivity index (χ1v) is 9.94. The van der Waals surface area contributed by atoms with Gasteiger partial charge in [0, 0.05) is 18.8 Å². The van der Waals surface area contributed by atoms with E-state index in [1.54, 1.807) is 25.4 Å². The third-order valence-corrected chi connectivity index (χ3v) is 5.13. The van der Waals surface area contributed by atoms with Gasteiger partial charge in [-0.25, -0.2) is 9.97 Å². The fourth-order valence-corrected chi connectivity index (χ4v) is 3.92. The van der Waals surface area contributed by atoms with E-state index in [9.17, 15) is 9.59 Å². The molecule has 2 aliphatic carbocycles. The Hall–Kier alpha value is -2.12. The quantitative estimate of drug-likeness (QED) is 0.328. The summed E-state index contributed by atoms with van der Waals surface area (Å²) in [5.41, 5.74) is 6.74. The largest absolute Gasteiger partial charge is 1.00 e. The maximum absolute atomic E-state index is 10.9. The second-order valence-corrected chi connectivity index (χ2v) is 6.93. The number of benzene rings is 1. The first-order chi connectivity index (χ1) is 13.7. The van der Waals surface area contributed by atoms with E-state index in [-0.39, 0.29) is 25.8 Å². The molecule has 1 radical (unpaired) electrons. The van der Waals surface area contributed by atoms with Crippen molar-refractivity contribution < 1.29 is 34.1 Å². The first-order valence-electron chi connectivity index (χ1n) is 9.94. The standard InChI is InChI=1S/C13H14NO.C9H12N2O2.Os/c15-8-14-13-11-5-1-3-9(11)7-10-4-2-6-12(10)13;1-2-13-9(12)5-4-8-10-6-3-7-11-8;/h7H,1-6H2,(H,14,15);3,6-7H,2,4-5H2,1H3;/q-1;;+1. The normalized spacial score (nSPS) is 13.3. The molecular formula is C22H26N3O3Os. The molecule has 0 fully saturated rings. The molecule has 1 amide bonds. The summed E-state index contributed by atoms with van der Waals surface area (Å²) >= 11 is 0. The van der Waals surface area contributed by atoms with Crippen LogP contribution in [0, 0.1) is 0 Å². The van der Waals surface area contributed by atoms with Crippen LogP contribution in [0.25, 0.3) is 0 Å². The molecule has 29 heavy (non-hydrogen) atoms. The topological polar surface area (TPSA) is 81.2 Å². The molecule has 1 aromatic carbocycles. The van der Waals surface area contributed by atoms with Gasteiger partial charge in [0.05, 0.1) is 19.4 Å². The number of fused-ring (bicyclic) bond motifs is 2. The van der Waals surface area contributed by atoms with Crippen molar-refractivity contribution in [1.82, 2.24) is 9.97 Å². The van der Waals surface area contributed by atoms with Crippen LogP contribution in [0.1, 0.15) is 54.3 Å². The third-order valence-electron chi connectivity index (χ3n) is 5.13. The first kappa shape index (κ1) is 23.2. The average Bonchev–Trinajstić information content (AvgIpc) is 3.37. The molecule has 2 aromatic rings. The van der Waals surface area contributed by atoms with Gasteiger partial charge in [0.2, 0.25) is 0 Å². The van der Waals surface area contributed by atoms with Gasteiger partial charge >= 0.3 is 25.8 Å². The van der Waals surface area contributed by atoms with Crippen LogP contribution in [0.4, 0.5) is 5.69 Å². The Morgan fingerprint density at radius 2 is 1.72 bits per heavy atom. The van der Waals surface area contributed by atoms with Crippen LogP contribution in [-0.4, -0.2) is 29.0 Å². The smallest absolute Gasteiger partial charge is 0.490 e. The molecule has 6 nitrogen and oxygen atoms in total. The van der Waals surface area contributed by atoms with Crippen LogP contribution in [0.5, 0.6) is 0 Å². The Kier molecular flexibility index (Phi) is 9.40. The Balaban J connectivity index is 0.000000203. The number of nitrogens with one attached hydrogen (secondary N) is 1. The molecule has 1 N–H and O–H groups in total. The van der Waals surface area contributed by atoms with E-state index in [0.29, 0.717) is 25.3 Å². The summed E-state index contributed by atoms with van der Waals surface area (Å²) in [5, 5.41) is 2.80. The van der Waals surface area contributed by atoms with Gasteiger partial charge in [-0.05, 0) is 51.5 Å². The zero-order valence-electron chi connectivity index (χ0n) is 16.6. The van der Waals surface area contributed by atoms with E-state index >= 15 is 0 Å². The number of esters is 1. The van der Waals surface area contributed by atoms with Crippen molar-refractivity contribution in [2.45, 2.75) is 58.3 Å². The SMILES string of the molecule is CCOC(=O)CCc1ncccn1.O=[C-]Nc1c2c(cc3c1CCC3)CCC2.[Os+]. The summed E-state index contributed by atoms with van der Waals surface area (Å²) in [4.78, 5) is 29.5. The molecule has 0 bridgehead atoms. The Labute approximate surface area is 184 Å². The number of hydrogen-bond acceptors (Lipinski definition) is 5. The van der Waals surface area contributed by atoms with Gasteiger partial charge in [-0.3, -0.25) is 4.79 Å². The molecule has 0 unspecified atom stereocenters. The van der Waals surface area contributed by atoms with Gasteiger partial charge in [0.1, 0.15) is 5.82 Å². The summed E-state index contributed by atoms with van der Waals surface area (Å²) < 4.78 is 4.77. The van der Waals surface area contributed by atoms with Crippen LogP contribution in [0.3, 0.4) is 0 Å². The molecule has 0 saturated heterocycles. The number of aryl methyl sites for hydroxylation is 3. The molecule has 0 saturated carbocycles. The van der Waals surface area contributed by atoms with Crippen molar-refractivity contribution >= 4 is 18.1 Å². The monoisotopic (exact) mass is 572 g/mol. The van der Waals surface area contributed by atoms with Crippen LogP contribution < -0.4 is 5.32 Å². The zero-order valence-corrected chi connectivity index (χ0v) is 19.2. The fraction of sp³-hybridized carbons (Fsp3) is 0.455. The number of carbonyl (C=O) groups is 1. The van der Waals surface area contributed by atoms with E-state index in [4.69, 9.17) is 4.74 Å². The summed E-state index contributed by atoms with van der Waals surface area (Å²) in [6.45, 7) is 2.21. The Bertz CT molecular complexity index is 796. The van der Waals surface area contributed by atoms with Gasteiger partial charge in [-0.2, -0.15) is 0 Å². The van der Waals surface area contributed by atoms with Crippen LogP contribution in [0.15, 0.2) is 24.5 Å². The molecule has 4 rings (SSSR count). The molecule has 0 aliphatic heterocycles. The average molecular weight is 571 g/mol. The minimum absolute atomic E-state index is 0. The predicted molar refractivity (Wildman–Crippen MR) is 107 cm³/mol. The molecule has 1 heterocycles. The van der Waals surface area contributed by atoms with Gasteiger partial charge < -0.3 is 14.8 Å². The van der Waals surface area contributed by atoms with E-state index in [0.717, 1.165) is 18.5 Å². The Morgan fingerprint density at radius 1 is 1.10 bits per heavy atom. The number of amides is 1. The number of hydrogen-bond donors (Lipinski definition) is 1. The maximum atomic E-state index is 10.9. The minimum Gasteiger partial charge on any atom is -0.490 e. The van der Waals surface area contributed by atoms with Crippen molar-refractivity contribution in [1.29, 1.82) is 0 Å². The summed E-state index contributed by atoms with van der Waals surface area (Å²) in [6.07, 6.45) is 13.1. The van der Waals surface area contributed by atoms with Gasteiger partial charge in [0.15, 0.2) is 0 Å². The summed E-state index contributed by atoms with van der Waals surface area (Å²) in [7, 11) is 0. The number of aromatic nitrogens is 2. The number of nitrogens with zero attached hydrogens (tertiary/aromatic N) is 2. The van der Waals surface area contributed by atoms with E-state index in [1.807, 2.05) is 6.41 Å². The van der Waals surface area contributed by atoms with Crippen molar-refractivity contribution in [3.63, 3.8) is 0 Å². The second kappa shape index (κ2) is 11.8. The predicted octanol–water partition coefficient (Wildman–Crippen LogP) is 3.11. The molecule has 7 heteroatoms. The molecule has 155 valence electrons. The zero-order chi connectivity index (χ0) is 19.8. The van der Waals surface area contributed by atoms with Crippen molar-refractivity contribution in [2.75, 3.05) is 11.9 Å². The molecule has 0 atom stereocenters. The van der Waals surface area contributed by atoms with Crippen molar-refractivity contribution in [2.24, 2.45) is 0 Å². The molecule has 1 aromatic heterocycles. The van der Waals surface area contributed by atoms with Crippen molar-refractivity contribution in [3.05, 3.63) is 52.6 Å². The van der Waals surface area contributed by atoms with Gasteiger partial charge in [-0.15, -0.1) is 16.8 Å². The maximum Gasteiger partial charge on any atom is 1.00 e. The number of carbonyl (C=O) groups excluding carboxylic acids is 2. The molecular weight excluding hydrogens is 544 g/mol. The number of rotatable bonds is 6. The van der Waals surface area contributed by atoms with E-state index < -0.39 is 0 Å². The van der Waals surface area contributed by atoms with E-state index in [2.05, 4.69) is 21.4 Å². The summed E-state index contributed by atoms with van der Waals surface area (Å²) in [5.74, 6) is 0.477. The third kappa shape index (κ3) is 6.18. The van der Waals surface area contributed by atoms with Crippen LogP contribution >= 0.6 is 0 Å². The van der Waals surface area contributed by atoms with Crippen molar-refractivity contribution in [3.8, 4) is 0 Å². The van der Waals surface area contributed by atoms with Gasteiger partial charge in [-0.1, -0.05) is 17.2 Å². The molecule has 2 aliphatic rings. The van der Waals surface area contributed by atoms with Crippen LogP contribution in [-0.2, 0) is 66.2 Å². The van der Waals surface area contributed by atoms with E-state index in [1.165, 1.54) is 47.9 Å². The number of ether oxygens (including phenoxy) is 1. The minimum atomic E-state index is -0.199. The van der Waals surface area contributed by atoms with Crippen LogP contribution in [0.2, 0.25) is 0 Å². The second-order valence-electron chi connectivity index (χ2n) is 6.93. The number of anilines is 1. The van der Waals surface area contributed by atoms with Gasteiger partial charge in [0.25, 0.3) is 0 Å².